The van der Waals surface area contributed by atoms with E-state index in [1.165, 1.54) is 6.07 Å². The van der Waals surface area contributed by atoms with Crippen LogP contribution < -0.4 is 14.3 Å². The average molecular weight is 531 g/mol. The first-order chi connectivity index (χ1) is 16.7. The zero-order chi connectivity index (χ0) is 25.0. The summed E-state index contributed by atoms with van der Waals surface area (Å²) in [6, 6.07) is 20.0. The molecule has 1 aromatic heterocycles. The second-order valence-corrected chi connectivity index (χ2v) is 11.7. The van der Waals surface area contributed by atoms with Crippen molar-refractivity contribution < 1.29 is 13.2 Å². The van der Waals surface area contributed by atoms with E-state index in [0.29, 0.717) is 34.7 Å². The van der Waals surface area contributed by atoms with Crippen molar-refractivity contribution in [3.63, 3.8) is 0 Å². The fraction of sp³-hybridized carbons (Fsp3) is 0.269. The van der Waals surface area contributed by atoms with E-state index in [4.69, 9.17) is 16.3 Å². The lowest BCUT2D eigenvalue weighted by molar-refractivity contribution is 0.242. The van der Waals surface area contributed by atoms with Crippen molar-refractivity contribution in [1.82, 2.24) is 9.29 Å². The topological polar surface area (TPSA) is 77.4 Å². The number of hydrogen-bond donors (Lipinski definition) is 1. The Morgan fingerprint density at radius 3 is 2.63 bits per heavy atom. The molecule has 4 rings (SSSR count). The van der Waals surface area contributed by atoms with Crippen molar-refractivity contribution in [2.75, 3.05) is 6.54 Å². The molecule has 1 N–H and O–H groups in total. The number of sulfonamides is 1. The largest absolute Gasteiger partial charge is 0.491 e. The summed E-state index contributed by atoms with van der Waals surface area (Å²) in [5, 5.41) is 0.585. The lowest BCUT2D eigenvalue weighted by atomic mass is 10.1. The van der Waals surface area contributed by atoms with Gasteiger partial charge in [-0.1, -0.05) is 53.3 Å². The third kappa shape index (κ3) is 6.32. The van der Waals surface area contributed by atoms with Gasteiger partial charge in [-0.2, -0.15) is 0 Å². The zero-order valence-electron chi connectivity index (χ0n) is 19.5. The minimum atomic E-state index is -3.70. The van der Waals surface area contributed by atoms with E-state index in [2.05, 4.69) is 4.72 Å². The molecule has 4 aromatic rings. The smallest absolute Gasteiger partial charge is 0.308 e. The van der Waals surface area contributed by atoms with Crippen LogP contribution in [0.2, 0.25) is 5.02 Å². The van der Waals surface area contributed by atoms with Gasteiger partial charge in [-0.15, -0.1) is 0 Å². The molecule has 0 aliphatic carbocycles. The predicted molar refractivity (Wildman–Crippen MR) is 142 cm³/mol. The van der Waals surface area contributed by atoms with Gasteiger partial charge in [-0.05, 0) is 74.2 Å². The molecule has 0 fully saturated rings. The lowest BCUT2D eigenvalue weighted by Gasteiger charge is -2.11. The van der Waals surface area contributed by atoms with Gasteiger partial charge >= 0.3 is 4.87 Å². The molecule has 3 aromatic carbocycles. The molecule has 1 heterocycles. The predicted octanol–water partition coefficient (Wildman–Crippen LogP) is 5.46. The Bertz CT molecular complexity index is 1490. The maximum Gasteiger partial charge on any atom is 0.308 e. The van der Waals surface area contributed by atoms with E-state index in [1.807, 2.05) is 56.3 Å². The molecule has 6 nitrogen and oxygen atoms in total. The maximum atomic E-state index is 12.9. The summed E-state index contributed by atoms with van der Waals surface area (Å²) in [5.41, 5.74) is 2.60. The van der Waals surface area contributed by atoms with Gasteiger partial charge < -0.3 is 4.74 Å². The zero-order valence-corrected chi connectivity index (χ0v) is 21.9. The third-order valence-electron chi connectivity index (χ3n) is 5.44. The molecular weight excluding hydrogens is 504 g/mol. The Hall–Kier alpha value is -2.65. The maximum absolute atomic E-state index is 12.9. The molecule has 184 valence electrons. The summed E-state index contributed by atoms with van der Waals surface area (Å²) in [4.78, 5) is 12.6. The molecule has 0 atom stereocenters. The van der Waals surface area contributed by atoms with E-state index in [0.717, 1.165) is 34.6 Å². The van der Waals surface area contributed by atoms with Crippen LogP contribution in [-0.4, -0.2) is 25.6 Å². The molecule has 0 saturated carbocycles. The molecule has 0 bridgehead atoms. The van der Waals surface area contributed by atoms with Crippen molar-refractivity contribution in [1.29, 1.82) is 0 Å². The van der Waals surface area contributed by atoms with Gasteiger partial charge in [0.2, 0.25) is 10.0 Å². The van der Waals surface area contributed by atoms with Crippen LogP contribution in [0.4, 0.5) is 0 Å². The van der Waals surface area contributed by atoms with E-state index in [9.17, 15) is 13.2 Å². The summed E-state index contributed by atoms with van der Waals surface area (Å²) in [6.45, 7) is 4.59. The summed E-state index contributed by atoms with van der Waals surface area (Å²) in [7, 11) is -3.70. The van der Waals surface area contributed by atoms with Crippen LogP contribution in [0.25, 0.3) is 10.2 Å². The number of thiazole rings is 1. The number of nitrogens with one attached hydrogen (secondary N) is 1. The summed E-state index contributed by atoms with van der Waals surface area (Å²) < 4.78 is 36.3. The fourth-order valence-corrected chi connectivity index (χ4v) is 6.09. The number of hydrogen-bond acceptors (Lipinski definition) is 5. The second-order valence-electron chi connectivity index (χ2n) is 8.49. The molecule has 9 heteroatoms. The standard InChI is InChI=1S/C26H27ClN2O4S2/c1-18(2)33-21-10-5-7-19(15-21)8-6-14-28-35(31,32)22-12-13-24-25(16-22)34-26(30)29(24)17-20-9-3-4-11-23(20)27/h3-5,7,9-13,15-16,18,28H,6,8,14,17H2,1-2H3. The summed E-state index contributed by atoms with van der Waals surface area (Å²) in [5.74, 6) is 0.812. The molecule has 35 heavy (non-hydrogen) atoms. The van der Waals surface area contributed by atoms with Gasteiger partial charge in [0.1, 0.15) is 5.75 Å². The number of ether oxygens (including phenoxy) is 1. The highest BCUT2D eigenvalue weighted by molar-refractivity contribution is 7.89. The highest BCUT2D eigenvalue weighted by atomic mass is 35.5. The van der Waals surface area contributed by atoms with Crippen LogP contribution in [0.1, 0.15) is 31.4 Å². The van der Waals surface area contributed by atoms with Gasteiger partial charge in [0, 0.05) is 11.6 Å². The summed E-state index contributed by atoms with van der Waals surface area (Å²) in [6.07, 6.45) is 1.47. The lowest BCUT2D eigenvalue weighted by Crippen LogP contribution is -2.25. The van der Waals surface area contributed by atoms with E-state index in [1.54, 1.807) is 22.8 Å². The van der Waals surface area contributed by atoms with Crippen molar-refractivity contribution in [2.24, 2.45) is 0 Å². The van der Waals surface area contributed by atoms with E-state index < -0.39 is 10.0 Å². The Labute approximate surface area is 214 Å². The Morgan fingerprint density at radius 2 is 1.86 bits per heavy atom. The van der Waals surface area contributed by atoms with Crippen LogP contribution in [0, 0.1) is 0 Å². The van der Waals surface area contributed by atoms with Crippen LogP contribution in [0.5, 0.6) is 5.75 Å². The first-order valence-corrected chi connectivity index (χ1v) is 14.0. The SMILES string of the molecule is CC(C)Oc1cccc(CCCNS(=O)(=O)c2ccc3c(c2)sc(=O)n3Cc2ccccc2Cl)c1. The van der Waals surface area contributed by atoms with Gasteiger partial charge in [-0.3, -0.25) is 9.36 Å². The van der Waals surface area contributed by atoms with Crippen molar-refractivity contribution in [3.8, 4) is 5.75 Å². The minimum Gasteiger partial charge on any atom is -0.491 e. The number of halogens is 1. The quantitative estimate of drug-likeness (QED) is 0.276. The normalized spacial score (nSPS) is 11.9. The van der Waals surface area contributed by atoms with Crippen LogP contribution >= 0.6 is 22.9 Å². The third-order valence-corrected chi connectivity index (χ3v) is 8.21. The first kappa shape index (κ1) is 25.4. The highest BCUT2D eigenvalue weighted by Crippen LogP contribution is 2.24. The van der Waals surface area contributed by atoms with Crippen LogP contribution in [0.15, 0.2) is 76.4 Å². The molecular formula is C26H27ClN2O4S2. The highest BCUT2D eigenvalue weighted by Gasteiger charge is 2.17. The fourth-order valence-electron chi connectivity index (χ4n) is 3.79. The average Bonchev–Trinajstić information content (AvgIpc) is 3.12. The van der Waals surface area contributed by atoms with Crippen molar-refractivity contribution in [3.05, 3.63) is 92.5 Å². The Balaban J connectivity index is 1.42. The molecule has 0 unspecified atom stereocenters. The molecule has 0 radical (unpaired) electrons. The number of aromatic nitrogens is 1. The van der Waals surface area contributed by atoms with Gasteiger partial charge in [-0.25, -0.2) is 13.1 Å². The van der Waals surface area contributed by atoms with E-state index in [-0.39, 0.29) is 15.9 Å². The molecule has 0 spiro atoms. The number of benzene rings is 3. The number of rotatable bonds is 10. The van der Waals surface area contributed by atoms with Gasteiger partial charge in [0.05, 0.1) is 27.8 Å². The molecule has 0 amide bonds. The number of nitrogens with zero attached hydrogens (tertiary/aromatic N) is 1. The Kier molecular flexibility index (Phi) is 7.96. The number of fused-ring (bicyclic) bond motifs is 1. The molecule has 0 aliphatic rings. The first-order valence-electron chi connectivity index (χ1n) is 11.3. The van der Waals surface area contributed by atoms with E-state index >= 15 is 0 Å². The summed E-state index contributed by atoms with van der Waals surface area (Å²) >= 11 is 7.28. The van der Waals surface area contributed by atoms with Gasteiger partial charge in [0.15, 0.2) is 0 Å². The minimum absolute atomic E-state index is 0.0982. The van der Waals surface area contributed by atoms with Crippen LogP contribution in [-0.2, 0) is 23.0 Å². The monoisotopic (exact) mass is 530 g/mol. The van der Waals surface area contributed by atoms with Gasteiger partial charge in [0.25, 0.3) is 0 Å². The van der Waals surface area contributed by atoms with Crippen LogP contribution in [0.3, 0.4) is 0 Å². The van der Waals surface area contributed by atoms with Crippen molar-refractivity contribution in [2.45, 2.75) is 44.2 Å². The molecule has 0 aliphatic heterocycles. The Morgan fingerprint density at radius 1 is 1.06 bits per heavy atom. The second kappa shape index (κ2) is 11.0. The number of aryl methyl sites for hydroxylation is 1. The molecule has 0 saturated heterocycles. The van der Waals surface area contributed by atoms with Crippen molar-refractivity contribution >= 4 is 43.2 Å².